The quantitative estimate of drug-likeness (QED) is 0.794. The van der Waals surface area contributed by atoms with Crippen LogP contribution in [0.25, 0.3) is 0 Å². The first-order valence-electron chi connectivity index (χ1n) is 5.40. The highest BCUT2D eigenvalue weighted by atomic mass is 79.9. The molecular weight excluding hydrogens is 284 g/mol. The number of benzene rings is 1. The summed E-state index contributed by atoms with van der Waals surface area (Å²) in [6, 6.07) is 7.91. The summed E-state index contributed by atoms with van der Waals surface area (Å²) in [5.74, 6) is 1.62. The number of ether oxygens (including phenoxy) is 2. The number of hydrogen-bond donors (Lipinski definition) is 0. The van der Waals surface area contributed by atoms with Gasteiger partial charge in [0.15, 0.2) is 11.5 Å². The van der Waals surface area contributed by atoms with Crippen LogP contribution in [0.5, 0.6) is 11.5 Å². The summed E-state index contributed by atoms with van der Waals surface area (Å²) in [6.45, 7) is 1.22. The second kappa shape index (κ2) is 4.45. The average molecular weight is 295 g/mol. The Balaban J connectivity index is 1.93. The van der Waals surface area contributed by atoms with Gasteiger partial charge in [-0.2, -0.15) is 0 Å². The lowest BCUT2D eigenvalue weighted by molar-refractivity contribution is 0.171. The molecule has 1 unspecified atom stereocenters. The van der Waals surface area contributed by atoms with E-state index in [-0.39, 0.29) is 4.83 Å². The summed E-state index contributed by atoms with van der Waals surface area (Å²) in [7, 11) is 0. The van der Waals surface area contributed by atoms with Crippen LogP contribution in [-0.2, 0) is 0 Å². The Morgan fingerprint density at radius 3 is 2.59 bits per heavy atom. The van der Waals surface area contributed by atoms with E-state index in [1.165, 1.54) is 0 Å². The van der Waals surface area contributed by atoms with Crippen molar-refractivity contribution in [2.75, 3.05) is 13.2 Å². The number of furan rings is 1. The molecule has 1 aliphatic rings. The molecule has 1 aromatic carbocycles. The topological polar surface area (TPSA) is 31.6 Å². The van der Waals surface area contributed by atoms with E-state index in [2.05, 4.69) is 15.9 Å². The van der Waals surface area contributed by atoms with Crippen LogP contribution in [0.4, 0.5) is 0 Å². The summed E-state index contributed by atoms with van der Waals surface area (Å²) in [5.41, 5.74) is 2.21. The van der Waals surface area contributed by atoms with Gasteiger partial charge in [-0.15, -0.1) is 0 Å². The third-order valence-electron chi connectivity index (χ3n) is 2.69. The molecule has 0 radical (unpaired) electrons. The molecule has 1 aliphatic heterocycles. The van der Waals surface area contributed by atoms with Gasteiger partial charge in [-0.3, -0.25) is 0 Å². The average Bonchev–Trinajstić information content (AvgIpc) is 2.91. The van der Waals surface area contributed by atoms with Gasteiger partial charge in [0, 0.05) is 5.56 Å². The third kappa shape index (κ3) is 2.05. The van der Waals surface area contributed by atoms with E-state index in [1.807, 2.05) is 24.3 Å². The maximum absolute atomic E-state index is 5.56. The van der Waals surface area contributed by atoms with Crippen LogP contribution in [0.2, 0.25) is 0 Å². The van der Waals surface area contributed by atoms with Crippen LogP contribution in [0.15, 0.2) is 41.2 Å². The number of fused-ring (bicyclic) bond motifs is 1. The molecule has 0 amide bonds. The number of halogens is 1. The second-order valence-corrected chi connectivity index (χ2v) is 4.74. The molecule has 1 atom stereocenters. The Morgan fingerprint density at radius 2 is 1.82 bits per heavy atom. The normalized spacial score (nSPS) is 15.6. The highest BCUT2D eigenvalue weighted by Crippen LogP contribution is 2.37. The van der Waals surface area contributed by atoms with E-state index >= 15 is 0 Å². The van der Waals surface area contributed by atoms with E-state index in [0.717, 1.165) is 22.6 Å². The predicted molar refractivity (Wildman–Crippen MR) is 66.9 cm³/mol. The first kappa shape index (κ1) is 10.7. The number of rotatable bonds is 2. The maximum atomic E-state index is 5.56. The van der Waals surface area contributed by atoms with Gasteiger partial charge in [-0.05, 0) is 23.8 Å². The van der Waals surface area contributed by atoms with E-state index in [4.69, 9.17) is 13.9 Å². The molecule has 0 saturated carbocycles. The SMILES string of the molecule is BrC(c1ccoc1)c1ccc2c(c1)OCCO2. The fourth-order valence-electron chi connectivity index (χ4n) is 1.83. The fraction of sp³-hybridized carbons (Fsp3) is 0.231. The zero-order chi connectivity index (χ0) is 11.7. The van der Waals surface area contributed by atoms with Crippen LogP contribution in [0, 0.1) is 0 Å². The molecular formula is C13H11BrO3. The molecule has 2 heterocycles. The molecule has 2 aromatic rings. The fourth-order valence-corrected chi connectivity index (χ4v) is 2.37. The maximum Gasteiger partial charge on any atom is 0.161 e. The largest absolute Gasteiger partial charge is 0.486 e. The number of hydrogen-bond acceptors (Lipinski definition) is 3. The van der Waals surface area contributed by atoms with Gasteiger partial charge in [0.2, 0.25) is 0 Å². The molecule has 0 bridgehead atoms. The van der Waals surface area contributed by atoms with Gasteiger partial charge >= 0.3 is 0 Å². The molecule has 0 saturated heterocycles. The van der Waals surface area contributed by atoms with Crippen molar-refractivity contribution >= 4 is 15.9 Å². The van der Waals surface area contributed by atoms with Gasteiger partial charge in [0.05, 0.1) is 17.4 Å². The molecule has 3 rings (SSSR count). The Labute approximate surface area is 107 Å². The van der Waals surface area contributed by atoms with Crippen molar-refractivity contribution in [3.63, 3.8) is 0 Å². The molecule has 0 N–H and O–H groups in total. The van der Waals surface area contributed by atoms with E-state index < -0.39 is 0 Å². The van der Waals surface area contributed by atoms with Crippen molar-refractivity contribution < 1.29 is 13.9 Å². The molecule has 0 aliphatic carbocycles. The van der Waals surface area contributed by atoms with Crippen molar-refractivity contribution in [1.82, 2.24) is 0 Å². The highest BCUT2D eigenvalue weighted by Gasteiger charge is 2.16. The Kier molecular flexibility index (Phi) is 2.81. The van der Waals surface area contributed by atoms with Crippen molar-refractivity contribution in [2.45, 2.75) is 4.83 Å². The third-order valence-corrected chi connectivity index (χ3v) is 3.75. The van der Waals surface area contributed by atoms with E-state index in [1.54, 1.807) is 12.5 Å². The molecule has 17 heavy (non-hydrogen) atoms. The highest BCUT2D eigenvalue weighted by molar-refractivity contribution is 9.09. The minimum Gasteiger partial charge on any atom is -0.486 e. The van der Waals surface area contributed by atoms with E-state index in [9.17, 15) is 0 Å². The second-order valence-electron chi connectivity index (χ2n) is 3.82. The van der Waals surface area contributed by atoms with Gasteiger partial charge in [0.1, 0.15) is 13.2 Å². The van der Waals surface area contributed by atoms with Crippen LogP contribution in [0.3, 0.4) is 0 Å². The lowest BCUT2D eigenvalue weighted by Crippen LogP contribution is -2.15. The van der Waals surface area contributed by atoms with Gasteiger partial charge < -0.3 is 13.9 Å². The number of alkyl halides is 1. The van der Waals surface area contributed by atoms with E-state index in [0.29, 0.717) is 13.2 Å². The zero-order valence-electron chi connectivity index (χ0n) is 9.06. The summed E-state index contributed by atoms with van der Waals surface area (Å²) in [4.78, 5) is 0.108. The monoisotopic (exact) mass is 294 g/mol. The van der Waals surface area contributed by atoms with Crippen molar-refractivity contribution in [3.8, 4) is 11.5 Å². The lowest BCUT2D eigenvalue weighted by atomic mass is 10.1. The smallest absolute Gasteiger partial charge is 0.161 e. The summed E-state index contributed by atoms with van der Waals surface area (Å²) < 4.78 is 16.1. The van der Waals surface area contributed by atoms with Crippen molar-refractivity contribution in [2.24, 2.45) is 0 Å². The first-order valence-corrected chi connectivity index (χ1v) is 6.32. The summed E-state index contributed by atoms with van der Waals surface area (Å²) in [6.07, 6.45) is 3.40. The molecule has 4 heteroatoms. The predicted octanol–water partition coefficient (Wildman–Crippen LogP) is 3.54. The van der Waals surface area contributed by atoms with Crippen LogP contribution >= 0.6 is 15.9 Å². The van der Waals surface area contributed by atoms with Crippen LogP contribution in [0.1, 0.15) is 16.0 Å². The Hall–Kier alpha value is -1.42. The van der Waals surface area contributed by atoms with Crippen LogP contribution in [-0.4, -0.2) is 13.2 Å². The zero-order valence-corrected chi connectivity index (χ0v) is 10.6. The lowest BCUT2D eigenvalue weighted by Gasteiger charge is -2.19. The molecule has 88 valence electrons. The molecule has 0 spiro atoms. The van der Waals surface area contributed by atoms with Gasteiger partial charge in [-0.25, -0.2) is 0 Å². The Morgan fingerprint density at radius 1 is 1.00 bits per heavy atom. The van der Waals surface area contributed by atoms with Crippen molar-refractivity contribution in [1.29, 1.82) is 0 Å². The van der Waals surface area contributed by atoms with Crippen molar-refractivity contribution in [3.05, 3.63) is 47.9 Å². The standard InChI is InChI=1S/C13H11BrO3/c14-13(10-3-4-15-8-10)9-1-2-11-12(7-9)17-6-5-16-11/h1-4,7-8,13H,5-6H2. The van der Waals surface area contributed by atoms with Gasteiger partial charge in [0.25, 0.3) is 0 Å². The summed E-state index contributed by atoms with van der Waals surface area (Å²) in [5, 5.41) is 0. The minimum absolute atomic E-state index is 0.108. The van der Waals surface area contributed by atoms with Crippen LogP contribution < -0.4 is 9.47 Å². The molecule has 1 aromatic heterocycles. The Bertz CT molecular complexity index is 507. The first-order chi connectivity index (χ1) is 8.34. The summed E-state index contributed by atoms with van der Waals surface area (Å²) >= 11 is 3.64. The minimum atomic E-state index is 0.108. The molecule has 3 nitrogen and oxygen atoms in total. The molecule has 0 fully saturated rings. The van der Waals surface area contributed by atoms with Gasteiger partial charge in [-0.1, -0.05) is 22.0 Å².